The van der Waals surface area contributed by atoms with Crippen molar-refractivity contribution in [2.45, 2.75) is 58.4 Å². The van der Waals surface area contributed by atoms with Crippen LogP contribution in [-0.2, 0) is 46.6 Å². The number of nitrogens with zero attached hydrogens (tertiary/aromatic N) is 7. The first-order valence-electron chi connectivity index (χ1n) is 24.5. The van der Waals surface area contributed by atoms with Crippen LogP contribution in [0.3, 0.4) is 0 Å². The lowest BCUT2D eigenvalue weighted by Gasteiger charge is -2.44. The van der Waals surface area contributed by atoms with Gasteiger partial charge in [-0.1, -0.05) is 56.3 Å². The Balaban J connectivity index is 0.00000390. The third-order valence-corrected chi connectivity index (χ3v) is 14.8. The molecule has 0 unspecified atom stereocenters. The molecule has 3 aromatic carbocycles. The van der Waals surface area contributed by atoms with Gasteiger partial charge in [0.25, 0.3) is 11.1 Å². The van der Waals surface area contributed by atoms with E-state index in [1.54, 1.807) is 13.8 Å². The van der Waals surface area contributed by atoms with Crippen molar-refractivity contribution in [3.05, 3.63) is 139 Å². The minimum Gasteiger partial charge on any atom is -0.506 e. The van der Waals surface area contributed by atoms with E-state index in [1.165, 1.54) is 5.56 Å². The lowest BCUT2D eigenvalue weighted by Crippen LogP contribution is -2.58. The van der Waals surface area contributed by atoms with E-state index in [0.29, 0.717) is 34.5 Å². The van der Waals surface area contributed by atoms with Crippen LogP contribution in [0.25, 0.3) is 44.3 Å². The molecule has 18 heteroatoms. The molecule has 2 aliphatic heterocycles. The first kappa shape index (κ1) is 54.5. The number of aryl methyl sites for hydroxylation is 2. The van der Waals surface area contributed by atoms with Crippen molar-refractivity contribution in [3.8, 4) is 34.0 Å². The van der Waals surface area contributed by atoms with Crippen LogP contribution in [0.1, 0.15) is 62.6 Å². The third-order valence-electron chi connectivity index (χ3n) is 14.8. The van der Waals surface area contributed by atoms with Gasteiger partial charge in [0, 0.05) is 129 Å². The summed E-state index contributed by atoms with van der Waals surface area (Å²) in [7, 11) is 12.6. The number of aromatic carboxylic acids is 1. The summed E-state index contributed by atoms with van der Waals surface area (Å²) in [5.41, 5.74) is 4.57. The lowest BCUT2D eigenvalue weighted by molar-refractivity contribution is 0.0381. The summed E-state index contributed by atoms with van der Waals surface area (Å²) in [6.07, 6.45) is 0.388. The monoisotopic (exact) mass is 1040 g/mol. The van der Waals surface area contributed by atoms with Crippen molar-refractivity contribution < 1.29 is 24.5 Å². The van der Waals surface area contributed by atoms with Gasteiger partial charge in [0.1, 0.15) is 5.75 Å². The molecule has 388 valence electrons. The lowest BCUT2D eigenvalue weighted by atomic mass is 9.99. The molecule has 7 aromatic rings. The highest BCUT2D eigenvalue weighted by molar-refractivity contribution is 5.99. The number of nitrogens with one attached hydrogen (secondary N) is 2. The number of halogens is 2. The summed E-state index contributed by atoms with van der Waals surface area (Å²) in [5, 5.41) is 23.9. The topological polar surface area (TPSA) is 176 Å². The van der Waals surface area contributed by atoms with Crippen LogP contribution in [0.2, 0.25) is 0 Å². The fourth-order valence-electron chi connectivity index (χ4n) is 10.4. The number of likely N-dealkylation sites (tertiary alicyclic amines) is 2. The zero-order chi connectivity index (χ0) is 50.4. The zero-order valence-corrected chi connectivity index (χ0v) is 44.5. The molecule has 16 nitrogen and oxygen atoms in total. The van der Waals surface area contributed by atoms with Crippen molar-refractivity contribution in [1.29, 1.82) is 0 Å². The van der Waals surface area contributed by atoms with E-state index in [0.717, 1.165) is 92.1 Å². The molecule has 2 saturated heterocycles. The Labute approximate surface area is 437 Å². The number of hydrogen-bond acceptors (Lipinski definition) is 11. The maximum Gasteiger partial charge on any atom is 0.353 e. The summed E-state index contributed by atoms with van der Waals surface area (Å²) in [6.45, 7) is 11.9. The fourth-order valence-corrected chi connectivity index (χ4v) is 10.4. The number of carboxylic acid groups (broad SMARTS) is 1. The third kappa shape index (κ3) is 10.9. The Morgan fingerprint density at radius 1 is 0.671 bits per heavy atom. The minimum atomic E-state index is -1.61. The molecular weight excluding hydrogens is 970 g/mol. The normalized spacial score (nSPS) is 14.5. The number of esters is 1. The minimum absolute atomic E-state index is 0. The second-order valence-electron chi connectivity index (χ2n) is 19.8. The van der Waals surface area contributed by atoms with Gasteiger partial charge in [-0.05, 0) is 94.1 Å². The molecule has 6 heterocycles. The number of benzene rings is 3. The Morgan fingerprint density at radius 3 is 1.66 bits per heavy atom. The first-order valence-corrected chi connectivity index (χ1v) is 24.5. The number of rotatable bonds is 18. The van der Waals surface area contributed by atoms with Crippen molar-refractivity contribution in [3.63, 3.8) is 0 Å². The number of aromatic nitrogens is 4. The van der Waals surface area contributed by atoms with E-state index in [-0.39, 0.29) is 48.9 Å². The molecule has 2 fully saturated rings. The molecule has 0 saturated carbocycles. The second kappa shape index (κ2) is 22.5. The Bertz CT molecular complexity index is 3280. The molecule has 0 radical (unpaired) electrons. The number of carbonyl (C=O) groups is 2. The number of likely N-dealkylation sites (N-methyl/N-ethyl adjacent to an activating group) is 3. The van der Waals surface area contributed by atoms with Gasteiger partial charge >= 0.3 is 11.9 Å². The summed E-state index contributed by atoms with van der Waals surface area (Å²) in [5.74, 6) is -3.97. The highest BCUT2D eigenvalue weighted by atomic mass is 35.5. The molecule has 0 amide bonds. The van der Waals surface area contributed by atoms with Crippen LogP contribution in [0.4, 0.5) is 0 Å². The van der Waals surface area contributed by atoms with Crippen molar-refractivity contribution >= 4 is 58.6 Å². The molecule has 0 bridgehead atoms. The van der Waals surface area contributed by atoms with Crippen LogP contribution in [0, 0.1) is 0 Å². The predicted molar refractivity (Wildman–Crippen MR) is 292 cm³/mol. The zero-order valence-electron chi connectivity index (χ0n) is 42.8. The highest BCUT2D eigenvalue weighted by Crippen LogP contribution is 2.37. The van der Waals surface area contributed by atoms with Gasteiger partial charge in [0.05, 0.1) is 11.4 Å². The van der Waals surface area contributed by atoms with Gasteiger partial charge in [0.15, 0.2) is 16.9 Å². The Morgan fingerprint density at radius 2 is 1.16 bits per heavy atom. The summed E-state index contributed by atoms with van der Waals surface area (Å²) in [4.78, 5) is 71.9. The Hall–Kier alpha value is -6.24. The number of aromatic hydroxyl groups is 1. The smallest absolute Gasteiger partial charge is 0.353 e. The van der Waals surface area contributed by atoms with Crippen LogP contribution < -0.4 is 15.9 Å². The molecule has 73 heavy (non-hydrogen) atoms. The summed E-state index contributed by atoms with van der Waals surface area (Å²) < 4.78 is 10.1. The first-order chi connectivity index (χ1) is 34.0. The second-order valence-corrected chi connectivity index (χ2v) is 19.8. The van der Waals surface area contributed by atoms with Crippen molar-refractivity contribution in [2.75, 3.05) is 67.5 Å². The van der Waals surface area contributed by atoms with E-state index >= 15 is 0 Å². The van der Waals surface area contributed by atoms with E-state index in [9.17, 15) is 29.4 Å². The number of ether oxygens (including phenoxy) is 1. The largest absolute Gasteiger partial charge is 0.506 e. The van der Waals surface area contributed by atoms with Gasteiger partial charge in [-0.15, -0.1) is 24.8 Å². The number of pyridine rings is 2. The van der Waals surface area contributed by atoms with Gasteiger partial charge in [-0.2, -0.15) is 0 Å². The SMILES string of the molecule is CCc1c(-c2ccc3c(c2)cc(CN2CC(N(C)CCN(C)C)C2)n3C)[nH]c(=O)c(C(=O)Oc2c(CC)c(-c3ccc4c(c3)cc(CN3CC(N(C)Cc5ccccc5)C3)n4C)[nH]c(=O)c2C(=O)O)c1O.Cl.Cl. The fraction of sp³-hybridized carbons (Fsp3) is 0.382. The van der Waals surface area contributed by atoms with E-state index < -0.39 is 45.7 Å². The van der Waals surface area contributed by atoms with Crippen molar-refractivity contribution in [2.24, 2.45) is 14.1 Å². The van der Waals surface area contributed by atoms with E-state index in [4.69, 9.17) is 4.74 Å². The number of hydrogen-bond donors (Lipinski definition) is 4. The number of H-pyrrole nitrogens is 2. The van der Waals surface area contributed by atoms with E-state index in [2.05, 4.69) is 108 Å². The molecule has 4 aromatic heterocycles. The van der Waals surface area contributed by atoms with Crippen LogP contribution in [0.15, 0.2) is 88.5 Å². The molecular formula is C55H67Cl2N9O7. The molecule has 0 spiro atoms. The molecule has 0 atom stereocenters. The molecule has 0 aliphatic carbocycles. The van der Waals surface area contributed by atoms with Gasteiger partial charge in [0.2, 0.25) is 0 Å². The maximum atomic E-state index is 14.2. The standard InChI is InChI=1S/C55H65N9O7.2ClH/c1-9-42-48(34-16-18-44-36(22-34)24-38(61(44)7)27-63-29-40(30-63)59(5)21-20-58(3)4)56-52(66)46(50(42)65)55(70)71-51-43(10-2)49(57-53(67)47(51)54(68)69)35-17-19-45-37(23-35)25-39(62(45)8)28-64-31-41(32-64)60(6)26-33-14-12-11-13-15-33;;/h11-19,22-25,40-41H,9-10,20-21,26-32H2,1-8H3,(H,57,67)(H,68,69)(H2,56,65,66);2*1H. The van der Waals surface area contributed by atoms with Gasteiger partial charge < -0.3 is 39.0 Å². The summed E-state index contributed by atoms with van der Waals surface area (Å²) >= 11 is 0. The van der Waals surface area contributed by atoms with Gasteiger partial charge in [-0.3, -0.25) is 29.2 Å². The number of carbonyl (C=O) groups excluding carboxylic acids is 1. The average Bonchev–Trinajstić information content (AvgIpc) is 3.80. The molecule has 4 N–H and O–H groups in total. The van der Waals surface area contributed by atoms with Crippen LogP contribution in [-0.4, -0.2) is 145 Å². The van der Waals surface area contributed by atoms with Gasteiger partial charge in [-0.25, -0.2) is 9.59 Å². The molecule has 9 rings (SSSR count). The summed E-state index contributed by atoms with van der Waals surface area (Å²) in [6, 6.07) is 27.2. The average molecular weight is 1040 g/mol. The Kier molecular flexibility index (Phi) is 16.8. The highest BCUT2D eigenvalue weighted by Gasteiger charge is 2.33. The van der Waals surface area contributed by atoms with E-state index in [1.807, 2.05) is 56.6 Å². The van der Waals surface area contributed by atoms with Crippen LogP contribution in [0.5, 0.6) is 11.5 Å². The molecule has 2 aliphatic rings. The number of carboxylic acids is 1. The van der Waals surface area contributed by atoms with Crippen molar-refractivity contribution in [1.82, 2.24) is 43.6 Å². The quantitative estimate of drug-likeness (QED) is 0.0652. The number of fused-ring (bicyclic) bond motifs is 2. The number of aromatic amines is 2. The predicted octanol–water partition coefficient (Wildman–Crippen LogP) is 6.97. The maximum absolute atomic E-state index is 14.2. The van der Waals surface area contributed by atoms with Crippen LogP contribution >= 0.6 is 24.8 Å².